The van der Waals surface area contributed by atoms with Crippen LogP contribution in [-0.4, -0.2) is 37.0 Å². The first-order chi connectivity index (χ1) is 8.25. The molecule has 0 radical (unpaired) electrons. The quantitative estimate of drug-likeness (QED) is 0.926. The van der Waals surface area contributed by atoms with Crippen molar-refractivity contribution in [1.82, 2.24) is 10.2 Å². The van der Waals surface area contributed by atoms with E-state index in [2.05, 4.69) is 21.2 Å². The molecule has 0 bridgehead atoms. The van der Waals surface area contributed by atoms with Crippen LogP contribution in [-0.2, 0) is 0 Å². The lowest BCUT2D eigenvalue weighted by molar-refractivity contribution is 0.0918. The van der Waals surface area contributed by atoms with Gasteiger partial charge < -0.3 is 10.2 Å². The molecule has 1 aromatic rings. The van der Waals surface area contributed by atoms with Crippen LogP contribution in [0.5, 0.6) is 0 Å². The van der Waals surface area contributed by atoms with Crippen LogP contribution in [0.2, 0.25) is 0 Å². The SMILES string of the molecule is CN(C)C(C)(C)CNC(=O)c1cccc(F)c1Br. The zero-order chi connectivity index (χ0) is 13.9. The van der Waals surface area contributed by atoms with Crippen molar-refractivity contribution >= 4 is 21.8 Å². The van der Waals surface area contributed by atoms with Gasteiger partial charge in [-0.25, -0.2) is 4.39 Å². The molecule has 0 atom stereocenters. The lowest BCUT2D eigenvalue weighted by atomic mass is 10.0. The maximum Gasteiger partial charge on any atom is 0.252 e. The lowest BCUT2D eigenvalue weighted by Gasteiger charge is -2.32. The van der Waals surface area contributed by atoms with Gasteiger partial charge in [-0.15, -0.1) is 0 Å². The summed E-state index contributed by atoms with van der Waals surface area (Å²) in [5.74, 6) is -0.717. The van der Waals surface area contributed by atoms with Gasteiger partial charge in [-0.3, -0.25) is 4.79 Å². The predicted molar refractivity (Wildman–Crippen MR) is 74.2 cm³/mol. The number of amides is 1. The van der Waals surface area contributed by atoms with Gasteiger partial charge in [-0.2, -0.15) is 0 Å². The molecule has 1 amide bonds. The zero-order valence-corrected chi connectivity index (χ0v) is 12.6. The highest BCUT2D eigenvalue weighted by molar-refractivity contribution is 9.10. The average molecular weight is 317 g/mol. The molecule has 1 aromatic carbocycles. The minimum atomic E-state index is -0.436. The molecule has 0 aliphatic heterocycles. The Labute approximate surface area is 115 Å². The summed E-state index contributed by atoms with van der Waals surface area (Å²) in [5.41, 5.74) is 0.152. The van der Waals surface area contributed by atoms with Crippen LogP contribution in [0.4, 0.5) is 4.39 Å². The summed E-state index contributed by atoms with van der Waals surface area (Å²) in [4.78, 5) is 14.0. The average Bonchev–Trinajstić information content (AvgIpc) is 2.29. The Morgan fingerprint density at radius 3 is 2.61 bits per heavy atom. The molecule has 0 aromatic heterocycles. The fourth-order valence-corrected chi connectivity index (χ4v) is 1.67. The van der Waals surface area contributed by atoms with Gasteiger partial charge in [-0.1, -0.05) is 6.07 Å². The van der Waals surface area contributed by atoms with Crippen molar-refractivity contribution in [3.8, 4) is 0 Å². The first-order valence-electron chi connectivity index (χ1n) is 5.65. The van der Waals surface area contributed by atoms with Crippen molar-refractivity contribution in [2.24, 2.45) is 0 Å². The van der Waals surface area contributed by atoms with Crippen LogP contribution in [0.1, 0.15) is 24.2 Å². The van der Waals surface area contributed by atoms with E-state index in [-0.39, 0.29) is 15.9 Å². The Balaban J connectivity index is 2.75. The number of hydrogen-bond donors (Lipinski definition) is 1. The third-order valence-electron chi connectivity index (χ3n) is 3.09. The van der Waals surface area contributed by atoms with Gasteiger partial charge in [0.1, 0.15) is 5.82 Å². The summed E-state index contributed by atoms with van der Waals surface area (Å²) in [7, 11) is 3.90. The fraction of sp³-hybridized carbons (Fsp3) is 0.462. The number of likely N-dealkylation sites (N-methyl/N-ethyl adjacent to an activating group) is 1. The van der Waals surface area contributed by atoms with Gasteiger partial charge in [0.15, 0.2) is 0 Å². The Kier molecular flexibility index (Phi) is 4.87. The van der Waals surface area contributed by atoms with E-state index in [9.17, 15) is 9.18 Å². The van der Waals surface area contributed by atoms with E-state index < -0.39 is 5.82 Å². The molecular formula is C13H18BrFN2O. The van der Waals surface area contributed by atoms with Crippen LogP contribution in [0.25, 0.3) is 0 Å². The fourth-order valence-electron chi connectivity index (χ4n) is 1.23. The van der Waals surface area contributed by atoms with Gasteiger partial charge in [0.05, 0.1) is 10.0 Å². The predicted octanol–water partition coefficient (Wildman–Crippen LogP) is 2.66. The molecule has 0 fully saturated rings. The van der Waals surface area contributed by atoms with Crippen LogP contribution >= 0.6 is 15.9 Å². The van der Waals surface area contributed by atoms with E-state index in [4.69, 9.17) is 0 Å². The Morgan fingerprint density at radius 2 is 2.06 bits per heavy atom. The summed E-state index contributed by atoms with van der Waals surface area (Å²) in [5, 5.41) is 2.81. The van der Waals surface area contributed by atoms with Gasteiger partial charge in [0.2, 0.25) is 0 Å². The Hall–Kier alpha value is -0.940. The molecule has 5 heteroatoms. The molecular weight excluding hydrogens is 299 g/mol. The summed E-state index contributed by atoms with van der Waals surface area (Å²) < 4.78 is 13.5. The first-order valence-corrected chi connectivity index (χ1v) is 6.44. The van der Waals surface area contributed by atoms with E-state index in [1.165, 1.54) is 12.1 Å². The molecule has 0 aliphatic rings. The summed E-state index contributed by atoms with van der Waals surface area (Å²) in [6.07, 6.45) is 0. The van der Waals surface area contributed by atoms with Crippen LogP contribution in [0, 0.1) is 5.82 Å². The van der Waals surface area contributed by atoms with E-state index in [1.54, 1.807) is 6.07 Å². The number of hydrogen-bond acceptors (Lipinski definition) is 2. The largest absolute Gasteiger partial charge is 0.350 e. The van der Waals surface area contributed by atoms with E-state index in [0.29, 0.717) is 12.1 Å². The number of benzene rings is 1. The highest BCUT2D eigenvalue weighted by atomic mass is 79.9. The number of halogens is 2. The summed E-state index contributed by atoms with van der Waals surface area (Å²) >= 11 is 3.08. The topological polar surface area (TPSA) is 32.3 Å². The smallest absolute Gasteiger partial charge is 0.252 e. The minimum Gasteiger partial charge on any atom is -0.350 e. The number of rotatable bonds is 4. The number of nitrogens with zero attached hydrogens (tertiary/aromatic N) is 1. The molecule has 0 heterocycles. The van der Waals surface area contributed by atoms with Gasteiger partial charge >= 0.3 is 0 Å². The zero-order valence-electron chi connectivity index (χ0n) is 11.1. The number of nitrogens with one attached hydrogen (secondary N) is 1. The van der Waals surface area contributed by atoms with Crippen molar-refractivity contribution in [3.63, 3.8) is 0 Å². The van der Waals surface area contributed by atoms with Crippen LogP contribution in [0.15, 0.2) is 22.7 Å². The molecule has 0 saturated carbocycles. The Morgan fingerprint density at radius 1 is 1.44 bits per heavy atom. The molecule has 0 saturated heterocycles. The Bertz CT molecular complexity index is 447. The standard InChI is InChI=1S/C13H18BrFN2O/c1-13(2,17(3)4)8-16-12(18)9-6-5-7-10(15)11(9)14/h5-7H,8H2,1-4H3,(H,16,18). The molecule has 0 aliphatic carbocycles. The highest BCUT2D eigenvalue weighted by Crippen LogP contribution is 2.20. The third-order valence-corrected chi connectivity index (χ3v) is 3.89. The van der Waals surface area contributed by atoms with Crippen molar-refractivity contribution < 1.29 is 9.18 Å². The first kappa shape index (κ1) is 15.1. The number of carbonyl (C=O) groups is 1. The minimum absolute atomic E-state index is 0.157. The summed E-state index contributed by atoms with van der Waals surface area (Å²) in [6, 6.07) is 4.42. The van der Waals surface area contributed by atoms with Crippen LogP contribution < -0.4 is 5.32 Å². The number of carbonyl (C=O) groups excluding carboxylic acids is 1. The molecule has 3 nitrogen and oxygen atoms in total. The molecule has 0 unspecified atom stereocenters. The second-order valence-corrected chi connectivity index (χ2v) is 5.78. The molecule has 1 N–H and O–H groups in total. The van der Waals surface area contributed by atoms with Crippen molar-refractivity contribution in [2.75, 3.05) is 20.6 Å². The van der Waals surface area contributed by atoms with E-state index >= 15 is 0 Å². The molecule has 1 rings (SSSR count). The van der Waals surface area contributed by atoms with Gasteiger partial charge in [-0.05, 0) is 56.0 Å². The van der Waals surface area contributed by atoms with Crippen molar-refractivity contribution in [1.29, 1.82) is 0 Å². The van der Waals surface area contributed by atoms with Crippen molar-refractivity contribution in [2.45, 2.75) is 19.4 Å². The molecule has 100 valence electrons. The monoisotopic (exact) mass is 316 g/mol. The highest BCUT2D eigenvalue weighted by Gasteiger charge is 2.22. The maximum atomic E-state index is 13.3. The third kappa shape index (κ3) is 3.53. The lowest BCUT2D eigenvalue weighted by Crippen LogP contribution is -2.48. The van der Waals surface area contributed by atoms with E-state index in [1.807, 2.05) is 32.8 Å². The van der Waals surface area contributed by atoms with Crippen LogP contribution in [0.3, 0.4) is 0 Å². The maximum absolute atomic E-state index is 13.3. The second kappa shape index (κ2) is 5.80. The molecule has 18 heavy (non-hydrogen) atoms. The van der Waals surface area contributed by atoms with Crippen molar-refractivity contribution in [3.05, 3.63) is 34.1 Å². The molecule has 0 spiro atoms. The van der Waals surface area contributed by atoms with Gasteiger partial charge in [0.25, 0.3) is 5.91 Å². The van der Waals surface area contributed by atoms with E-state index in [0.717, 1.165) is 0 Å². The normalized spacial score (nSPS) is 11.7. The van der Waals surface area contributed by atoms with Gasteiger partial charge in [0, 0.05) is 12.1 Å². The summed E-state index contributed by atoms with van der Waals surface area (Å²) in [6.45, 7) is 4.53. The second-order valence-electron chi connectivity index (χ2n) is 4.99.